The van der Waals surface area contributed by atoms with Crippen molar-refractivity contribution in [1.82, 2.24) is 0 Å². The van der Waals surface area contributed by atoms with Gasteiger partial charge in [-0.15, -0.1) is 0 Å². The highest BCUT2D eigenvalue weighted by Crippen LogP contribution is 2.35. The van der Waals surface area contributed by atoms with E-state index >= 15 is 0 Å². The molecule has 0 bridgehead atoms. The standard InChI is InChI=1S/C17H16N2O2/c1-11-7-8-15(18)13(9-11)14-10-16(20)19(17(14)21)12-5-3-2-4-6-12/h2-9,14H,10,18H2,1H3. The molecule has 21 heavy (non-hydrogen) atoms. The zero-order valence-electron chi connectivity index (χ0n) is 11.7. The van der Waals surface area contributed by atoms with Gasteiger partial charge in [0.1, 0.15) is 0 Å². The molecule has 1 aliphatic heterocycles. The molecule has 0 spiro atoms. The van der Waals surface area contributed by atoms with Gasteiger partial charge in [0, 0.05) is 12.1 Å². The summed E-state index contributed by atoms with van der Waals surface area (Å²) in [5.41, 5.74) is 8.92. The number of imide groups is 1. The molecule has 0 radical (unpaired) electrons. The minimum atomic E-state index is -0.488. The van der Waals surface area contributed by atoms with E-state index in [1.807, 2.05) is 37.3 Å². The first-order valence-electron chi connectivity index (χ1n) is 6.86. The summed E-state index contributed by atoms with van der Waals surface area (Å²) < 4.78 is 0. The molecule has 3 rings (SSSR count). The van der Waals surface area contributed by atoms with Crippen LogP contribution < -0.4 is 10.6 Å². The molecule has 2 N–H and O–H groups in total. The molecule has 4 nitrogen and oxygen atoms in total. The van der Waals surface area contributed by atoms with Gasteiger partial charge in [0.25, 0.3) is 0 Å². The number of para-hydroxylation sites is 1. The lowest BCUT2D eigenvalue weighted by molar-refractivity contribution is -0.121. The van der Waals surface area contributed by atoms with E-state index in [2.05, 4.69) is 0 Å². The topological polar surface area (TPSA) is 63.4 Å². The van der Waals surface area contributed by atoms with Gasteiger partial charge in [-0.2, -0.15) is 0 Å². The Morgan fingerprint density at radius 3 is 2.52 bits per heavy atom. The molecule has 1 fully saturated rings. The molecule has 1 unspecified atom stereocenters. The first-order chi connectivity index (χ1) is 10.1. The van der Waals surface area contributed by atoms with Crippen LogP contribution in [0.15, 0.2) is 48.5 Å². The number of aryl methyl sites for hydroxylation is 1. The van der Waals surface area contributed by atoms with Gasteiger partial charge in [-0.1, -0.05) is 35.9 Å². The van der Waals surface area contributed by atoms with E-state index in [1.54, 1.807) is 18.2 Å². The highest BCUT2D eigenvalue weighted by Gasteiger charge is 2.41. The SMILES string of the molecule is Cc1ccc(N)c(C2CC(=O)N(c3ccccc3)C2=O)c1. The Bertz CT molecular complexity index is 710. The van der Waals surface area contributed by atoms with Crippen LogP contribution in [0.4, 0.5) is 11.4 Å². The Morgan fingerprint density at radius 2 is 1.81 bits per heavy atom. The fraction of sp³-hybridized carbons (Fsp3) is 0.176. The van der Waals surface area contributed by atoms with Crippen molar-refractivity contribution in [3.05, 3.63) is 59.7 Å². The van der Waals surface area contributed by atoms with Gasteiger partial charge >= 0.3 is 0 Å². The Labute approximate surface area is 123 Å². The highest BCUT2D eigenvalue weighted by molar-refractivity contribution is 6.22. The van der Waals surface area contributed by atoms with Gasteiger partial charge in [0.05, 0.1) is 11.6 Å². The second kappa shape index (κ2) is 5.05. The fourth-order valence-electron chi connectivity index (χ4n) is 2.72. The molecule has 2 amide bonds. The van der Waals surface area contributed by atoms with Crippen molar-refractivity contribution in [2.75, 3.05) is 10.6 Å². The van der Waals surface area contributed by atoms with Crippen LogP contribution in [-0.4, -0.2) is 11.8 Å². The van der Waals surface area contributed by atoms with E-state index in [-0.39, 0.29) is 18.2 Å². The number of hydrogen-bond acceptors (Lipinski definition) is 3. The highest BCUT2D eigenvalue weighted by atomic mass is 16.2. The number of nitrogen functional groups attached to an aromatic ring is 1. The van der Waals surface area contributed by atoms with E-state index in [9.17, 15) is 9.59 Å². The molecular weight excluding hydrogens is 264 g/mol. The number of amides is 2. The number of hydrogen-bond donors (Lipinski definition) is 1. The lowest BCUT2D eigenvalue weighted by atomic mass is 9.94. The second-order valence-electron chi connectivity index (χ2n) is 5.29. The summed E-state index contributed by atoms with van der Waals surface area (Å²) in [5, 5.41) is 0. The van der Waals surface area contributed by atoms with Crippen LogP contribution in [0, 0.1) is 6.92 Å². The number of benzene rings is 2. The third kappa shape index (κ3) is 2.29. The second-order valence-corrected chi connectivity index (χ2v) is 5.29. The molecule has 1 heterocycles. The molecule has 2 aromatic rings. The van der Waals surface area contributed by atoms with E-state index in [1.165, 1.54) is 4.90 Å². The third-order valence-electron chi connectivity index (χ3n) is 3.78. The number of nitrogens with two attached hydrogens (primary N) is 1. The minimum absolute atomic E-state index is 0.168. The lowest BCUT2D eigenvalue weighted by Crippen LogP contribution is -2.30. The van der Waals surface area contributed by atoms with Crippen molar-refractivity contribution in [2.45, 2.75) is 19.3 Å². The first kappa shape index (κ1) is 13.4. The van der Waals surface area contributed by atoms with Crippen LogP contribution in [0.3, 0.4) is 0 Å². The van der Waals surface area contributed by atoms with Crippen LogP contribution in [-0.2, 0) is 9.59 Å². The van der Waals surface area contributed by atoms with Gasteiger partial charge in [-0.3, -0.25) is 14.5 Å². The molecule has 4 heteroatoms. The maximum absolute atomic E-state index is 12.6. The van der Waals surface area contributed by atoms with Gasteiger partial charge in [0.15, 0.2) is 0 Å². The summed E-state index contributed by atoms with van der Waals surface area (Å²) in [7, 11) is 0. The Balaban J connectivity index is 1.99. The summed E-state index contributed by atoms with van der Waals surface area (Å²) in [5.74, 6) is -0.877. The lowest BCUT2D eigenvalue weighted by Gasteiger charge is -2.16. The van der Waals surface area contributed by atoms with E-state index < -0.39 is 5.92 Å². The van der Waals surface area contributed by atoms with Gasteiger partial charge in [0.2, 0.25) is 11.8 Å². The molecule has 0 aliphatic carbocycles. The van der Waals surface area contributed by atoms with Gasteiger partial charge in [-0.05, 0) is 30.7 Å². The first-order valence-corrected chi connectivity index (χ1v) is 6.86. The van der Waals surface area contributed by atoms with E-state index in [0.29, 0.717) is 11.4 Å². The Morgan fingerprint density at radius 1 is 1.10 bits per heavy atom. The normalized spacial score (nSPS) is 18.3. The average molecular weight is 280 g/mol. The number of carbonyl (C=O) groups is 2. The Hall–Kier alpha value is -2.62. The van der Waals surface area contributed by atoms with Crippen molar-refractivity contribution in [3.63, 3.8) is 0 Å². The van der Waals surface area contributed by atoms with Crippen molar-refractivity contribution in [3.8, 4) is 0 Å². The summed E-state index contributed by atoms with van der Waals surface area (Å²) in [4.78, 5) is 26.1. The monoisotopic (exact) mass is 280 g/mol. The third-order valence-corrected chi connectivity index (χ3v) is 3.78. The molecule has 1 aliphatic rings. The Kier molecular flexibility index (Phi) is 3.22. The molecule has 1 saturated heterocycles. The summed E-state index contributed by atoms with van der Waals surface area (Å²) >= 11 is 0. The molecule has 0 aromatic heterocycles. The van der Waals surface area contributed by atoms with Crippen molar-refractivity contribution >= 4 is 23.2 Å². The smallest absolute Gasteiger partial charge is 0.241 e. The van der Waals surface area contributed by atoms with Crippen molar-refractivity contribution in [1.29, 1.82) is 0 Å². The quantitative estimate of drug-likeness (QED) is 0.679. The number of carbonyl (C=O) groups excluding carboxylic acids is 2. The predicted molar refractivity (Wildman–Crippen MR) is 81.9 cm³/mol. The summed E-state index contributed by atoms with van der Waals surface area (Å²) in [6.07, 6.45) is 0.168. The van der Waals surface area contributed by atoms with E-state index in [0.717, 1.165) is 11.1 Å². The van der Waals surface area contributed by atoms with Gasteiger partial charge < -0.3 is 5.73 Å². The number of nitrogens with zero attached hydrogens (tertiary/aromatic N) is 1. The molecule has 1 atom stereocenters. The predicted octanol–water partition coefficient (Wildman–Crippen LogP) is 2.62. The minimum Gasteiger partial charge on any atom is -0.398 e. The van der Waals surface area contributed by atoms with Crippen molar-refractivity contribution < 1.29 is 9.59 Å². The fourth-order valence-corrected chi connectivity index (χ4v) is 2.72. The maximum atomic E-state index is 12.6. The largest absolute Gasteiger partial charge is 0.398 e. The van der Waals surface area contributed by atoms with E-state index in [4.69, 9.17) is 5.73 Å². The number of rotatable bonds is 2. The van der Waals surface area contributed by atoms with Crippen LogP contribution in [0.2, 0.25) is 0 Å². The van der Waals surface area contributed by atoms with Crippen LogP contribution in [0.25, 0.3) is 0 Å². The summed E-state index contributed by atoms with van der Waals surface area (Å²) in [6.45, 7) is 1.94. The zero-order chi connectivity index (χ0) is 15.0. The average Bonchev–Trinajstić information content (AvgIpc) is 2.77. The van der Waals surface area contributed by atoms with Crippen LogP contribution in [0.1, 0.15) is 23.5 Å². The maximum Gasteiger partial charge on any atom is 0.241 e. The molecule has 2 aromatic carbocycles. The molecular formula is C17H16N2O2. The number of anilines is 2. The van der Waals surface area contributed by atoms with Crippen molar-refractivity contribution in [2.24, 2.45) is 0 Å². The van der Waals surface area contributed by atoms with Gasteiger partial charge in [-0.25, -0.2) is 0 Å². The summed E-state index contributed by atoms with van der Waals surface area (Å²) in [6, 6.07) is 14.6. The molecule has 0 saturated carbocycles. The van der Waals surface area contributed by atoms with Crippen LogP contribution >= 0.6 is 0 Å². The van der Waals surface area contributed by atoms with Crippen LogP contribution in [0.5, 0.6) is 0 Å². The zero-order valence-corrected chi connectivity index (χ0v) is 11.7. The molecule has 106 valence electrons.